The minimum Gasteiger partial charge on any atom is -0.245 e. The molecular weight excluding hydrogens is 294 g/mol. The van der Waals surface area contributed by atoms with Crippen molar-refractivity contribution in [3.05, 3.63) is 90.3 Å². The first-order valence-electron chi connectivity index (χ1n) is 7.81. The summed E-state index contributed by atoms with van der Waals surface area (Å²) in [5, 5.41) is 1.03. The zero-order valence-electron chi connectivity index (χ0n) is 13.0. The first kappa shape index (κ1) is 14.3. The first-order chi connectivity index (χ1) is 11.9. The summed E-state index contributed by atoms with van der Waals surface area (Å²) >= 11 is 0. The van der Waals surface area contributed by atoms with Crippen molar-refractivity contribution in [2.45, 2.75) is 0 Å². The second kappa shape index (κ2) is 6.42. The molecule has 3 heteroatoms. The summed E-state index contributed by atoms with van der Waals surface area (Å²) in [5.74, 6) is 0.642. The number of hydrogen-bond donors (Lipinski definition) is 0. The van der Waals surface area contributed by atoms with Gasteiger partial charge in [0.1, 0.15) is 5.69 Å². The quantitative estimate of drug-likeness (QED) is 0.542. The Balaban J connectivity index is 1.67. The highest BCUT2D eigenvalue weighted by Crippen LogP contribution is 2.17. The molecule has 2 aromatic heterocycles. The van der Waals surface area contributed by atoms with E-state index < -0.39 is 0 Å². The lowest BCUT2D eigenvalue weighted by atomic mass is 10.2. The van der Waals surface area contributed by atoms with Crippen LogP contribution in [0.15, 0.2) is 79.0 Å². The van der Waals surface area contributed by atoms with Gasteiger partial charge >= 0.3 is 0 Å². The van der Waals surface area contributed by atoms with E-state index >= 15 is 0 Å². The van der Waals surface area contributed by atoms with E-state index in [1.165, 1.54) is 0 Å². The molecule has 0 fully saturated rings. The zero-order valence-corrected chi connectivity index (χ0v) is 13.0. The number of nitrogens with zero attached hydrogens (tertiary/aromatic N) is 3. The molecule has 0 saturated heterocycles. The predicted octanol–water partition coefficient (Wildman–Crippen LogP) is 4.86. The Kier molecular flexibility index (Phi) is 3.82. The van der Waals surface area contributed by atoms with E-state index in [9.17, 15) is 0 Å². The van der Waals surface area contributed by atoms with Gasteiger partial charge in [0.2, 0.25) is 0 Å². The summed E-state index contributed by atoms with van der Waals surface area (Å²) in [4.78, 5) is 13.7. The van der Waals surface area contributed by atoms with Gasteiger partial charge in [0, 0.05) is 11.6 Å². The first-order valence-corrected chi connectivity index (χ1v) is 7.81. The molecule has 0 saturated carbocycles. The van der Waals surface area contributed by atoms with Gasteiger partial charge in [-0.15, -0.1) is 0 Å². The Labute approximate surface area is 140 Å². The largest absolute Gasteiger partial charge is 0.245 e. The number of fused-ring (bicyclic) bond motifs is 1. The average Bonchev–Trinajstić information content (AvgIpc) is 2.67. The third-order valence-corrected chi connectivity index (χ3v) is 3.73. The molecule has 0 aliphatic carbocycles. The number of para-hydroxylation sites is 1. The summed E-state index contributed by atoms with van der Waals surface area (Å²) < 4.78 is 0. The minimum atomic E-state index is 0.642. The van der Waals surface area contributed by atoms with Gasteiger partial charge in [-0.25, -0.2) is 15.0 Å². The second-order valence-corrected chi connectivity index (χ2v) is 5.44. The van der Waals surface area contributed by atoms with Crippen LogP contribution in [0, 0.1) is 0 Å². The van der Waals surface area contributed by atoms with E-state index in [2.05, 4.69) is 27.1 Å². The summed E-state index contributed by atoms with van der Waals surface area (Å²) in [6, 6.07) is 24.0. The third kappa shape index (κ3) is 3.06. The van der Waals surface area contributed by atoms with Gasteiger partial charge in [-0.2, -0.15) is 0 Å². The Morgan fingerprint density at radius 3 is 2.42 bits per heavy atom. The number of pyridine rings is 1. The molecule has 0 aliphatic heterocycles. The van der Waals surface area contributed by atoms with Crippen molar-refractivity contribution in [3.63, 3.8) is 0 Å². The molecule has 2 heterocycles. The van der Waals surface area contributed by atoms with Gasteiger partial charge < -0.3 is 0 Å². The van der Waals surface area contributed by atoms with Crippen molar-refractivity contribution >= 4 is 23.1 Å². The molecule has 0 amide bonds. The molecule has 0 unspecified atom stereocenters. The van der Waals surface area contributed by atoms with Crippen molar-refractivity contribution in [2.24, 2.45) is 0 Å². The molecule has 4 rings (SSSR count). The van der Waals surface area contributed by atoms with Crippen LogP contribution in [0.3, 0.4) is 0 Å². The van der Waals surface area contributed by atoms with Crippen LogP contribution in [0.1, 0.15) is 11.3 Å². The van der Waals surface area contributed by atoms with Crippen LogP contribution >= 0.6 is 0 Å². The van der Waals surface area contributed by atoms with Gasteiger partial charge in [0.05, 0.1) is 11.2 Å². The highest BCUT2D eigenvalue weighted by molar-refractivity contribution is 5.79. The van der Waals surface area contributed by atoms with Crippen LogP contribution in [-0.4, -0.2) is 15.0 Å². The maximum absolute atomic E-state index is 4.65. The van der Waals surface area contributed by atoms with Gasteiger partial charge in [-0.1, -0.05) is 60.7 Å². The normalized spacial score (nSPS) is 11.2. The minimum absolute atomic E-state index is 0.642. The standard InChI is InChI=1S/C21H15N3/c1-2-7-16(8-3-1)13-14-18-10-6-12-20(23-18)21-22-15-17-9-4-5-11-19(17)24-21/h1-15H/b14-13+. The molecule has 0 atom stereocenters. The van der Waals surface area contributed by atoms with Crippen LogP contribution < -0.4 is 0 Å². The Hall–Kier alpha value is -3.33. The van der Waals surface area contributed by atoms with Gasteiger partial charge in [-0.3, -0.25) is 0 Å². The van der Waals surface area contributed by atoms with Gasteiger partial charge in [0.15, 0.2) is 5.82 Å². The van der Waals surface area contributed by atoms with Crippen LogP contribution in [0.5, 0.6) is 0 Å². The summed E-state index contributed by atoms with van der Waals surface area (Å²) in [7, 11) is 0. The van der Waals surface area contributed by atoms with E-state index in [0.717, 1.165) is 27.9 Å². The molecule has 0 spiro atoms. The molecule has 4 aromatic rings. The van der Waals surface area contributed by atoms with Crippen LogP contribution in [-0.2, 0) is 0 Å². The van der Waals surface area contributed by atoms with Crippen LogP contribution in [0.25, 0.3) is 34.6 Å². The van der Waals surface area contributed by atoms with Crippen LogP contribution in [0.4, 0.5) is 0 Å². The molecule has 0 bridgehead atoms. The topological polar surface area (TPSA) is 38.7 Å². The summed E-state index contributed by atoms with van der Waals surface area (Å²) in [6.07, 6.45) is 5.89. The monoisotopic (exact) mass is 309 g/mol. The Morgan fingerprint density at radius 1 is 0.667 bits per heavy atom. The van der Waals surface area contributed by atoms with Crippen molar-refractivity contribution in [1.29, 1.82) is 0 Å². The predicted molar refractivity (Wildman–Crippen MR) is 98.1 cm³/mol. The van der Waals surface area contributed by atoms with E-state index in [1.807, 2.05) is 79.0 Å². The lowest BCUT2D eigenvalue weighted by Gasteiger charge is -2.02. The lowest BCUT2D eigenvalue weighted by molar-refractivity contribution is 1.17. The van der Waals surface area contributed by atoms with Crippen molar-refractivity contribution in [1.82, 2.24) is 15.0 Å². The second-order valence-electron chi connectivity index (χ2n) is 5.44. The van der Waals surface area contributed by atoms with E-state index in [4.69, 9.17) is 0 Å². The van der Waals surface area contributed by atoms with E-state index in [1.54, 1.807) is 0 Å². The molecule has 0 radical (unpaired) electrons. The van der Waals surface area contributed by atoms with Crippen LogP contribution in [0.2, 0.25) is 0 Å². The highest BCUT2D eigenvalue weighted by Gasteiger charge is 2.04. The van der Waals surface area contributed by atoms with Crippen molar-refractivity contribution in [3.8, 4) is 11.5 Å². The Bertz CT molecular complexity index is 1010. The molecule has 0 aliphatic rings. The molecule has 0 N–H and O–H groups in total. The molecular formula is C21H15N3. The van der Waals surface area contributed by atoms with E-state index in [-0.39, 0.29) is 0 Å². The summed E-state index contributed by atoms with van der Waals surface area (Å²) in [5.41, 5.74) is 3.73. The Morgan fingerprint density at radius 2 is 1.50 bits per heavy atom. The molecule has 24 heavy (non-hydrogen) atoms. The maximum atomic E-state index is 4.65. The smallest absolute Gasteiger partial charge is 0.178 e. The number of benzene rings is 2. The van der Waals surface area contributed by atoms with Crippen molar-refractivity contribution in [2.75, 3.05) is 0 Å². The fourth-order valence-electron chi connectivity index (χ4n) is 2.51. The number of rotatable bonds is 3. The average molecular weight is 309 g/mol. The highest BCUT2D eigenvalue weighted by atomic mass is 14.9. The summed E-state index contributed by atoms with van der Waals surface area (Å²) in [6.45, 7) is 0. The molecule has 3 nitrogen and oxygen atoms in total. The SMILES string of the molecule is C(=C\c1cccc(-c2ncc3ccccc3n2)n1)/c1ccccc1. The van der Waals surface area contributed by atoms with Gasteiger partial charge in [-0.05, 0) is 29.8 Å². The molecule has 114 valence electrons. The number of aromatic nitrogens is 3. The zero-order chi connectivity index (χ0) is 16.2. The fraction of sp³-hybridized carbons (Fsp3) is 0. The fourth-order valence-corrected chi connectivity index (χ4v) is 2.51. The van der Waals surface area contributed by atoms with Crippen molar-refractivity contribution < 1.29 is 0 Å². The van der Waals surface area contributed by atoms with E-state index in [0.29, 0.717) is 5.82 Å². The molecule has 2 aromatic carbocycles. The lowest BCUT2D eigenvalue weighted by Crippen LogP contribution is -1.93. The number of hydrogen-bond acceptors (Lipinski definition) is 3. The maximum Gasteiger partial charge on any atom is 0.178 e. The van der Waals surface area contributed by atoms with Gasteiger partial charge in [0.25, 0.3) is 0 Å². The third-order valence-electron chi connectivity index (χ3n) is 3.73.